The molecule has 0 aliphatic heterocycles. The summed E-state index contributed by atoms with van der Waals surface area (Å²) >= 11 is 0. The third kappa shape index (κ3) is 3.59. The predicted octanol–water partition coefficient (Wildman–Crippen LogP) is 4.59. The Balaban J connectivity index is 2.01. The van der Waals surface area contributed by atoms with Crippen LogP contribution in [0.2, 0.25) is 0 Å². The van der Waals surface area contributed by atoms with Gasteiger partial charge < -0.3 is 14.3 Å². The van der Waals surface area contributed by atoms with E-state index in [1.807, 2.05) is 0 Å². The molecule has 0 bridgehead atoms. The van der Waals surface area contributed by atoms with Crippen molar-refractivity contribution in [3.05, 3.63) is 58.8 Å². The lowest BCUT2D eigenvalue weighted by Gasteiger charge is -2.18. The maximum atomic E-state index is 12.3. The van der Waals surface area contributed by atoms with Gasteiger partial charge in [-0.05, 0) is 41.8 Å². The van der Waals surface area contributed by atoms with Crippen LogP contribution in [0, 0.1) is 5.41 Å². The topological polar surface area (TPSA) is 59.7 Å². The molecule has 0 spiro atoms. The molecule has 0 saturated heterocycles. The zero-order chi connectivity index (χ0) is 17.3. The molecular weight excluding hydrogens is 304 g/mol. The molecule has 24 heavy (non-hydrogen) atoms. The summed E-state index contributed by atoms with van der Waals surface area (Å²) < 4.78 is 11.7. The Morgan fingerprint density at radius 1 is 1.04 bits per heavy atom. The molecule has 0 radical (unpaired) electrons. The fourth-order valence-electron chi connectivity index (χ4n) is 2.29. The first-order valence-corrected chi connectivity index (χ1v) is 7.82. The van der Waals surface area contributed by atoms with Gasteiger partial charge in [0.1, 0.15) is 22.8 Å². The minimum absolute atomic E-state index is 0.0453. The first kappa shape index (κ1) is 16.1. The Morgan fingerprint density at radius 2 is 1.75 bits per heavy atom. The van der Waals surface area contributed by atoms with Crippen LogP contribution in [-0.2, 0) is 0 Å². The fourth-order valence-corrected chi connectivity index (χ4v) is 2.29. The molecule has 3 rings (SSSR count). The van der Waals surface area contributed by atoms with E-state index in [0.29, 0.717) is 29.1 Å². The van der Waals surface area contributed by atoms with E-state index in [0.717, 1.165) is 5.56 Å². The first-order chi connectivity index (χ1) is 11.3. The number of hydrogen-bond donors (Lipinski definition) is 1. The maximum Gasteiger partial charge on any atom is 0.193 e. The van der Waals surface area contributed by atoms with Gasteiger partial charge in [-0.3, -0.25) is 4.79 Å². The normalized spacial score (nSPS) is 11.6. The summed E-state index contributed by atoms with van der Waals surface area (Å²) in [7, 11) is 0. The summed E-state index contributed by atoms with van der Waals surface area (Å²) in [4.78, 5) is 12.3. The SMILES string of the molecule is CC(C)(C)COc1ccc2c(=O)cc(-c3ccc(O)cc3)oc2c1. The van der Waals surface area contributed by atoms with Crippen molar-refractivity contribution in [1.82, 2.24) is 0 Å². The van der Waals surface area contributed by atoms with Crippen LogP contribution in [0.15, 0.2) is 57.7 Å². The maximum absolute atomic E-state index is 12.3. The van der Waals surface area contributed by atoms with Crippen LogP contribution in [0.1, 0.15) is 20.8 Å². The third-order valence-corrected chi connectivity index (χ3v) is 3.52. The van der Waals surface area contributed by atoms with Gasteiger partial charge in [-0.2, -0.15) is 0 Å². The number of hydrogen-bond acceptors (Lipinski definition) is 4. The number of phenolic OH excluding ortho intramolecular Hbond substituents is 1. The Labute approximate surface area is 140 Å². The molecular formula is C20H20O4. The van der Waals surface area contributed by atoms with E-state index < -0.39 is 0 Å². The zero-order valence-electron chi connectivity index (χ0n) is 14.0. The number of rotatable bonds is 3. The summed E-state index contributed by atoms with van der Waals surface area (Å²) in [6, 6.07) is 13.2. The van der Waals surface area contributed by atoms with Gasteiger partial charge in [0.05, 0.1) is 12.0 Å². The highest BCUT2D eigenvalue weighted by Crippen LogP contribution is 2.26. The van der Waals surface area contributed by atoms with Crippen molar-refractivity contribution >= 4 is 11.0 Å². The lowest BCUT2D eigenvalue weighted by Crippen LogP contribution is -2.16. The lowest BCUT2D eigenvalue weighted by atomic mass is 9.99. The van der Waals surface area contributed by atoms with Crippen LogP contribution < -0.4 is 10.2 Å². The first-order valence-electron chi connectivity index (χ1n) is 7.82. The molecule has 4 nitrogen and oxygen atoms in total. The van der Waals surface area contributed by atoms with E-state index in [1.54, 1.807) is 42.5 Å². The molecule has 0 unspecified atom stereocenters. The summed E-state index contributed by atoms with van der Waals surface area (Å²) in [5.74, 6) is 1.30. The smallest absolute Gasteiger partial charge is 0.193 e. The van der Waals surface area contributed by atoms with E-state index in [-0.39, 0.29) is 16.6 Å². The van der Waals surface area contributed by atoms with E-state index in [1.165, 1.54) is 6.07 Å². The van der Waals surface area contributed by atoms with E-state index >= 15 is 0 Å². The van der Waals surface area contributed by atoms with Crippen LogP contribution in [0.5, 0.6) is 11.5 Å². The summed E-state index contributed by atoms with van der Waals surface area (Å²) in [5, 5.41) is 9.90. The van der Waals surface area contributed by atoms with Crippen molar-refractivity contribution in [3.8, 4) is 22.8 Å². The third-order valence-electron chi connectivity index (χ3n) is 3.52. The minimum Gasteiger partial charge on any atom is -0.508 e. The average Bonchev–Trinajstić information content (AvgIpc) is 2.52. The highest BCUT2D eigenvalue weighted by molar-refractivity contribution is 5.80. The zero-order valence-corrected chi connectivity index (χ0v) is 14.0. The van der Waals surface area contributed by atoms with Crippen LogP contribution in [0.25, 0.3) is 22.3 Å². The standard InChI is InChI=1S/C20H20O4/c1-20(2,3)12-23-15-8-9-16-17(22)11-18(24-19(16)10-15)13-4-6-14(21)7-5-13/h4-11,21H,12H2,1-3H3. The van der Waals surface area contributed by atoms with Gasteiger partial charge in [0.25, 0.3) is 0 Å². The van der Waals surface area contributed by atoms with Gasteiger partial charge >= 0.3 is 0 Å². The number of benzene rings is 2. The molecule has 1 N–H and O–H groups in total. The molecule has 0 aliphatic rings. The number of aromatic hydroxyl groups is 1. The molecule has 0 fully saturated rings. The van der Waals surface area contributed by atoms with E-state index in [9.17, 15) is 9.90 Å². The van der Waals surface area contributed by atoms with Gasteiger partial charge in [-0.1, -0.05) is 20.8 Å². The van der Waals surface area contributed by atoms with E-state index in [2.05, 4.69) is 20.8 Å². The van der Waals surface area contributed by atoms with Crippen molar-refractivity contribution in [2.45, 2.75) is 20.8 Å². The quantitative estimate of drug-likeness (QED) is 0.765. The minimum atomic E-state index is -0.110. The monoisotopic (exact) mass is 324 g/mol. The van der Waals surface area contributed by atoms with Crippen LogP contribution in [-0.4, -0.2) is 11.7 Å². The molecule has 0 saturated carbocycles. The van der Waals surface area contributed by atoms with Crippen molar-refractivity contribution in [2.75, 3.05) is 6.61 Å². The van der Waals surface area contributed by atoms with Crippen molar-refractivity contribution < 1.29 is 14.3 Å². The molecule has 4 heteroatoms. The molecule has 3 aromatic rings. The van der Waals surface area contributed by atoms with Crippen molar-refractivity contribution in [1.29, 1.82) is 0 Å². The average molecular weight is 324 g/mol. The highest BCUT2D eigenvalue weighted by atomic mass is 16.5. The Hall–Kier alpha value is -2.75. The number of ether oxygens (including phenoxy) is 1. The van der Waals surface area contributed by atoms with Gasteiger partial charge in [0, 0.05) is 17.7 Å². The molecule has 2 aromatic carbocycles. The molecule has 0 atom stereocenters. The predicted molar refractivity (Wildman–Crippen MR) is 94.5 cm³/mol. The number of phenols is 1. The molecule has 1 aromatic heterocycles. The Morgan fingerprint density at radius 3 is 2.42 bits per heavy atom. The highest BCUT2D eigenvalue weighted by Gasteiger charge is 2.12. The summed E-state index contributed by atoms with van der Waals surface area (Å²) in [6.07, 6.45) is 0. The Bertz CT molecular complexity index is 915. The van der Waals surface area contributed by atoms with Gasteiger partial charge in [0.2, 0.25) is 0 Å². The second kappa shape index (κ2) is 6.04. The lowest BCUT2D eigenvalue weighted by molar-refractivity contribution is 0.198. The largest absolute Gasteiger partial charge is 0.508 e. The molecule has 0 aliphatic carbocycles. The van der Waals surface area contributed by atoms with Gasteiger partial charge in [-0.15, -0.1) is 0 Å². The second-order valence-electron chi connectivity index (χ2n) is 7.03. The van der Waals surface area contributed by atoms with Crippen LogP contribution >= 0.6 is 0 Å². The summed E-state index contributed by atoms with van der Waals surface area (Å²) in [5.41, 5.74) is 1.15. The van der Waals surface area contributed by atoms with E-state index in [4.69, 9.17) is 9.15 Å². The van der Waals surface area contributed by atoms with Gasteiger partial charge in [0.15, 0.2) is 5.43 Å². The van der Waals surface area contributed by atoms with Crippen molar-refractivity contribution in [3.63, 3.8) is 0 Å². The molecule has 0 amide bonds. The molecule has 124 valence electrons. The molecule has 1 heterocycles. The fraction of sp³-hybridized carbons (Fsp3) is 0.250. The van der Waals surface area contributed by atoms with Gasteiger partial charge in [-0.25, -0.2) is 0 Å². The van der Waals surface area contributed by atoms with Crippen LogP contribution in [0.3, 0.4) is 0 Å². The Kier molecular flexibility index (Phi) is 4.06. The van der Waals surface area contributed by atoms with Crippen LogP contribution in [0.4, 0.5) is 0 Å². The van der Waals surface area contributed by atoms with Crippen molar-refractivity contribution in [2.24, 2.45) is 5.41 Å². The number of fused-ring (bicyclic) bond motifs is 1. The second-order valence-corrected chi connectivity index (χ2v) is 7.03. The summed E-state index contributed by atoms with van der Waals surface area (Å²) in [6.45, 7) is 6.85.